The normalized spacial score (nSPS) is 13.2. The quantitative estimate of drug-likeness (QED) is 0.315. The van der Waals surface area contributed by atoms with Crippen LogP contribution in [0.2, 0.25) is 0 Å². The molecule has 0 spiro atoms. The maximum Gasteiger partial charge on any atom is 0.513 e. The summed E-state index contributed by atoms with van der Waals surface area (Å²) in [5, 5.41) is 0. The van der Waals surface area contributed by atoms with Crippen molar-refractivity contribution < 1.29 is 47.6 Å². The number of hydrogen-bond donors (Lipinski definition) is 1. The average Bonchev–Trinajstić information content (AvgIpc) is 2.78. The summed E-state index contributed by atoms with van der Waals surface area (Å²) >= 11 is 0. The van der Waals surface area contributed by atoms with E-state index in [1.165, 1.54) is 25.3 Å². The smallest absolute Gasteiger partial charge is 0.468 e. The summed E-state index contributed by atoms with van der Waals surface area (Å²) < 4.78 is 28.9. The van der Waals surface area contributed by atoms with Crippen molar-refractivity contribution in [1.82, 2.24) is 0 Å². The van der Waals surface area contributed by atoms with E-state index in [1.54, 1.807) is 6.92 Å². The van der Waals surface area contributed by atoms with Crippen LogP contribution in [0.3, 0.4) is 0 Å². The predicted molar refractivity (Wildman–Crippen MR) is 110 cm³/mol. The fourth-order valence-corrected chi connectivity index (χ4v) is 2.56. The summed E-state index contributed by atoms with van der Waals surface area (Å²) in [6, 6.07) is 4.20. The number of ether oxygens (including phenoxy) is 6. The molecule has 11 heteroatoms. The molecule has 0 radical (unpaired) electrons. The van der Waals surface area contributed by atoms with Gasteiger partial charge in [-0.3, -0.25) is 9.59 Å². The van der Waals surface area contributed by atoms with Gasteiger partial charge in [0, 0.05) is 12.8 Å². The lowest BCUT2D eigenvalue weighted by Crippen LogP contribution is -2.51. The maximum atomic E-state index is 12.4. The molecule has 0 fully saturated rings. The SMILES string of the molecule is CC[C@H](C)C(=O)OCCC(N)(Cc1ccc(OC(=O)OC)c(OC(=O)OC)c1)C(=O)OC. The van der Waals surface area contributed by atoms with Crippen LogP contribution in [0.1, 0.15) is 32.3 Å². The molecule has 1 aromatic carbocycles. The Labute approximate surface area is 186 Å². The van der Waals surface area contributed by atoms with Crippen molar-refractivity contribution in [2.75, 3.05) is 27.9 Å². The summed E-state index contributed by atoms with van der Waals surface area (Å²) in [4.78, 5) is 47.3. The minimum atomic E-state index is -1.54. The number of nitrogens with two attached hydrogens (primary N) is 1. The molecular formula is C21H29NO10. The zero-order valence-corrected chi connectivity index (χ0v) is 18.8. The number of benzene rings is 1. The van der Waals surface area contributed by atoms with Crippen LogP contribution in [0, 0.1) is 5.92 Å². The molecule has 0 aliphatic carbocycles. The van der Waals surface area contributed by atoms with Crippen LogP contribution in [0.25, 0.3) is 0 Å². The van der Waals surface area contributed by atoms with Gasteiger partial charge in [-0.05, 0) is 24.1 Å². The summed E-state index contributed by atoms with van der Waals surface area (Å²) in [7, 11) is 3.41. The third-order valence-electron chi connectivity index (χ3n) is 4.65. The van der Waals surface area contributed by atoms with Crippen LogP contribution in [0.15, 0.2) is 18.2 Å². The van der Waals surface area contributed by atoms with Crippen molar-refractivity contribution in [2.45, 2.75) is 38.6 Å². The molecule has 0 aromatic heterocycles. The van der Waals surface area contributed by atoms with Crippen LogP contribution in [0.5, 0.6) is 11.5 Å². The van der Waals surface area contributed by atoms with E-state index in [2.05, 4.69) is 9.47 Å². The van der Waals surface area contributed by atoms with Gasteiger partial charge in [-0.15, -0.1) is 0 Å². The second-order valence-corrected chi connectivity index (χ2v) is 6.94. The lowest BCUT2D eigenvalue weighted by molar-refractivity contribution is -0.153. The average molecular weight is 455 g/mol. The second-order valence-electron chi connectivity index (χ2n) is 6.94. The van der Waals surface area contributed by atoms with Crippen molar-refractivity contribution >= 4 is 24.2 Å². The van der Waals surface area contributed by atoms with Crippen LogP contribution in [0.4, 0.5) is 9.59 Å². The Morgan fingerprint density at radius 2 is 1.56 bits per heavy atom. The third-order valence-corrected chi connectivity index (χ3v) is 4.65. The fourth-order valence-electron chi connectivity index (χ4n) is 2.56. The number of carbonyl (C=O) groups is 4. The van der Waals surface area contributed by atoms with E-state index in [0.29, 0.717) is 12.0 Å². The molecule has 0 aliphatic heterocycles. The molecule has 178 valence electrons. The molecule has 1 aromatic rings. The molecule has 11 nitrogen and oxygen atoms in total. The molecule has 0 bridgehead atoms. The first kappa shape index (κ1) is 26.7. The highest BCUT2D eigenvalue weighted by atomic mass is 16.7. The van der Waals surface area contributed by atoms with Crippen molar-refractivity contribution in [1.29, 1.82) is 0 Å². The van der Waals surface area contributed by atoms with E-state index < -0.39 is 29.8 Å². The Bertz CT molecular complexity index is 825. The molecule has 1 rings (SSSR count). The minimum Gasteiger partial charge on any atom is -0.468 e. The standard InChI is InChI=1S/C21H29NO10/c1-6-13(2)17(23)30-10-9-21(22,18(24)27-3)12-14-7-8-15(31-19(25)28-4)16(11-14)32-20(26)29-5/h7-8,11,13H,6,9-10,12,22H2,1-5H3/t13-,21?/m0/s1. The highest BCUT2D eigenvalue weighted by molar-refractivity contribution is 5.81. The van der Waals surface area contributed by atoms with E-state index in [9.17, 15) is 19.2 Å². The summed E-state index contributed by atoms with van der Waals surface area (Å²) in [5.74, 6) is -1.66. The number of hydrogen-bond acceptors (Lipinski definition) is 11. The van der Waals surface area contributed by atoms with Gasteiger partial charge in [-0.1, -0.05) is 19.9 Å². The Hall–Kier alpha value is -3.34. The largest absolute Gasteiger partial charge is 0.513 e. The van der Waals surface area contributed by atoms with E-state index in [0.717, 1.165) is 14.2 Å². The summed E-state index contributed by atoms with van der Waals surface area (Å²) in [6.45, 7) is 3.50. The fraction of sp³-hybridized carbons (Fsp3) is 0.524. The highest BCUT2D eigenvalue weighted by Crippen LogP contribution is 2.31. The van der Waals surface area contributed by atoms with Crippen LogP contribution in [-0.2, 0) is 35.0 Å². The van der Waals surface area contributed by atoms with Crippen molar-refractivity contribution in [3.05, 3.63) is 23.8 Å². The molecular weight excluding hydrogens is 426 g/mol. The van der Waals surface area contributed by atoms with E-state index in [1.807, 2.05) is 6.92 Å². The van der Waals surface area contributed by atoms with Gasteiger partial charge in [0.2, 0.25) is 0 Å². The molecule has 1 unspecified atom stereocenters. The first-order chi connectivity index (χ1) is 15.1. The highest BCUT2D eigenvalue weighted by Gasteiger charge is 2.36. The number of methoxy groups -OCH3 is 3. The number of esters is 2. The van der Waals surface area contributed by atoms with Gasteiger partial charge >= 0.3 is 24.2 Å². The Morgan fingerprint density at radius 1 is 0.969 bits per heavy atom. The molecule has 32 heavy (non-hydrogen) atoms. The van der Waals surface area contributed by atoms with Crippen LogP contribution < -0.4 is 15.2 Å². The number of rotatable bonds is 10. The van der Waals surface area contributed by atoms with E-state index in [-0.39, 0.29) is 36.9 Å². The molecule has 0 aliphatic rings. The maximum absolute atomic E-state index is 12.4. The number of carbonyl (C=O) groups excluding carboxylic acids is 4. The van der Waals surface area contributed by atoms with Gasteiger partial charge in [0.15, 0.2) is 11.5 Å². The van der Waals surface area contributed by atoms with Crippen molar-refractivity contribution in [3.63, 3.8) is 0 Å². The molecule has 2 N–H and O–H groups in total. The first-order valence-corrected chi connectivity index (χ1v) is 9.78. The van der Waals surface area contributed by atoms with Crippen LogP contribution >= 0.6 is 0 Å². The molecule has 0 amide bonds. The monoisotopic (exact) mass is 455 g/mol. The van der Waals surface area contributed by atoms with Gasteiger partial charge in [0.05, 0.1) is 33.9 Å². The van der Waals surface area contributed by atoms with Gasteiger partial charge in [0.1, 0.15) is 5.54 Å². The third kappa shape index (κ3) is 7.73. The van der Waals surface area contributed by atoms with E-state index >= 15 is 0 Å². The molecule has 0 heterocycles. The predicted octanol–water partition coefficient (Wildman–Crippen LogP) is 2.37. The van der Waals surface area contributed by atoms with Gasteiger partial charge in [-0.2, -0.15) is 0 Å². The Balaban J connectivity index is 3.10. The van der Waals surface area contributed by atoms with Crippen LogP contribution in [-0.4, -0.2) is 57.7 Å². The van der Waals surface area contributed by atoms with Gasteiger partial charge in [-0.25, -0.2) is 9.59 Å². The first-order valence-electron chi connectivity index (χ1n) is 9.78. The lowest BCUT2D eigenvalue weighted by Gasteiger charge is -2.27. The van der Waals surface area contributed by atoms with Gasteiger partial charge < -0.3 is 34.2 Å². The molecule has 0 saturated heterocycles. The molecule has 0 saturated carbocycles. The molecule has 2 atom stereocenters. The zero-order valence-electron chi connectivity index (χ0n) is 18.8. The van der Waals surface area contributed by atoms with E-state index in [4.69, 9.17) is 24.7 Å². The Kier molecular flexibility index (Phi) is 10.4. The van der Waals surface area contributed by atoms with Crippen molar-refractivity contribution in [2.24, 2.45) is 11.7 Å². The Morgan fingerprint density at radius 3 is 2.09 bits per heavy atom. The van der Waals surface area contributed by atoms with Gasteiger partial charge in [0.25, 0.3) is 0 Å². The summed E-state index contributed by atoms with van der Waals surface area (Å²) in [5.41, 5.74) is 5.20. The zero-order chi connectivity index (χ0) is 24.3. The topological polar surface area (TPSA) is 150 Å². The van der Waals surface area contributed by atoms with Crippen molar-refractivity contribution in [3.8, 4) is 11.5 Å². The minimum absolute atomic E-state index is 0.0184. The second kappa shape index (κ2) is 12.5. The summed E-state index contributed by atoms with van der Waals surface area (Å²) in [6.07, 6.45) is -1.54. The lowest BCUT2D eigenvalue weighted by atomic mass is 9.88.